The standard InChI is InChI=1S/C14H12N2O2/c17-14(11-15-18)16(12-7-3-1-4-8-12)13-9-5-2-6-10-13/h1-10H,11H2. The molecule has 0 heterocycles. The maximum absolute atomic E-state index is 12.0. The van der Waals surface area contributed by atoms with Crippen molar-refractivity contribution in [2.75, 3.05) is 11.4 Å². The Morgan fingerprint density at radius 1 is 0.889 bits per heavy atom. The van der Waals surface area contributed by atoms with Crippen LogP contribution in [0.4, 0.5) is 11.4 Å². The molecule has 1 amide bonds. The molecule has 0 aromatic heterocycles. The zero-order valence-corrected chi connectivity index (χ0v) is 9.69. The van der Waals surface area contributed by atoms with Gasteiger partial charge < -0.3 is 0 Å². The Kier molecular flexibility index (Phi) is 3.81. The zero-order valence-electron chi connectivity index (χ0n) is 9.69. The summed E-state index contributed by atoms with van der Waals surface area (Å²) in [5, 5.41) is 2.67. The minimum absolute atomic E-state index is 0.345. The second-order valence-corrected chi connectivity index (χ2v) is 3.69. The van der Waals surface area contributed by atoms with Crippen molar-refractivity contribution in [3.8, 4) is 0 Å². The number of nitrogens with zero attached hydrogens (tertiary/aromatic N) is 2. The Balaban J connectivity index is 2.41. The van der Waals surface area contributed by atoms with Gasteiger partial charge in [-0.2, -0.15) is 4.91 Å². The van der Waals surface area contributed by atoms with Gasteiger partial charge >= 0.3 is 0 Å². The van der Waals surface area contributed by atoms with Crippen molar-refractivity contribution in [1.29, 1.82) is 0 Å². The number of anilines is 2. The van der Waals surface area contributed by atoms with Crippen LogP contribution in [0, 0.1) is 4.91 Å². The average Bonchev–Trinajstić information content (AvgIpc) is 2.42. The van der Waals surface area contributed by atoms with E-state index in [4.69, 9.17) is 0 Å². The largest absolute Gasteiger partial charge is 0.279 e. The Hall–Kier alpha value is -2.49. The van der Waals surface area contributed by atoms with Crippen molar-refractivity contribution in [2.45, 2.75) is 0 Å². The molecule has 0 aliphatic rings. The van der Waals surface area contributed by atoms with E-state index >= 15 is 0 Å². The molecule has 0 saturated heterocycles. The monoisotopic (exact) mass is 240 g/mol. The van der Waals surface area contributed by atoms with Crippen molar-refractivity contribution in [3.05, 3.63) is 65.6 Å². The van der Waals surface area contributed by atoms with Crippen LogP contribution in [0.3, 0.4) is 0 Å². The van der Waals surface area contributed by atoms with Gasteiger partial charge in [0.2, 0.25) is 0 Å². The topological polar surface area (TPSA) is 49.7 Å². The molecule has 18 heavy (non-hydrogen) atoms. The molecule has 0 aliphatic heterocycles. The first-order chi connectivity index (χ1) is 8.83. The van der Waals surface area contributed by atoms with Crippen LogP contribution < -0.4 is 4.90 Å². The first-order valence-electron chi connectivity index (χ1n) is 5.55. The van der Waals surface area contributed by atoms with Gasteiger partial charge in [0.05, 0.1) is 0 Å². The van der Waals surface area contributed by atoms with Crippen LogP contribution in [0.5, 0.6) is 0 Å². The van der Waals surface area contributed by atoms with E-state index in [1.807, 2.05) is 60.7 Å². The number of rotatable bonds is 4. The summed E-state index contributed by atoms with van der Waals surface area (Å²) < 4.78 is 0. The molecule has 0 saturated carbocycles. The molecular weight excluding hydrogens is 228 g/mol. The van der Waals surface area contributed by atoms with Gasteiger partial charge in [-0.3, -0.25) is 9.69 Å². The SMILES string of the molecule is O=NCC(=O)N(c1ccccc1)c1ccccc1. The Bertz CT molecular complexity index is 487. The van der Waals surface area contributed by atoms with Gasteiger partial charge in [-0.05, 0) is 24.3 Å². The number of amides is 1. The van der Waals surface area contributed by atoms with E-state index < -0.39 is 0 Å². The summed E-state index contributed by atoms with van der Waals surface area (Å²) in [7, 11) is 0. The normalized spacial score (nSPS) is 9.78. The smallest absolute Gasteiger partial charge is 0.256 e. The Morgan fingerprint density at radius 3 is 1.72 bits per heavy atom. The number of hydrogen-bond donors (Lipinski definition) is 0. The molecule has 4 nitrogen and oxygen atoms in total. The lowest BCUT2D eigenvalue weighted by atomic mass is 10.2. The Morgan fingerprint density at radius 2 is 1.33 bits per heavy atom. The molecule has 2 rings (SSSR count). The van der Waals surface area contributed by atoms with Gasteiger partial charge in [-0.15, -0.1) is 0 Å². The summed E-state index contributed by atoms with van der Waals surface area (Å²) in [6.07, 6.45) is 0. The molecule has 0 atom stereocenters. The Labute approximate surface area is 105 Å². The maximum Gasteiger partial charge on any atom is 0.256 e. The molecule has 0 N–H and O–H groups in total. The van der Waals surface area contributed by atoms with Crippen molar-refractivity contribution < 1.29 is 4.79 Å². The van der Waals surface area contributed by atoms with Crippen LogP contribution in [0.15, 0.2) is 65.8 Å². The lowest BCUT2D eigenvalue weighted by Crippen LogP contribution is -2.27. The highest BCUT2D eigenvalue weighted by Gasteiger charge is 2.17. The number of nitroso groups, excluding NO2 is 1. The highest BCUT2D eigenvalue weighted by molar-refractivity contribution is 6.01. The number of benzene rings is 2. The molecule has 2 aromatic carbocycles. The van der Waals surface area contributed by atoms with Crippen molar-refractivity contribution in [3.63, 3.8) is 0 Å². The fourth-order valence-corrected chi connectivity index (χ4v) is 1.72. The van der Waals surface area contributed by atoms with E-state index in [0.717, 1.165) is 11.4 Å². The summed E-state index contributed by atoms with van der Waals surface area (Å²) in [6.45, 7) is -0.371. The summed E-state index contributed by atoms with van der Waals surface area (Å²) in [4.78, 5) is 23.7. The lowest BCUT2D eigenvalue weighted by molar-refractivity contribution is -0.116. The van der Waals surface area contributed by atoms with Crippen molar-refractivity contribution in [1.82, 2.24) is 0 Å². The molecule has 0 radical (unpaired) electrons. The molecular formula is C14H12N2O2. The third-order valence-electron chi connectivity index (χ3n) is 2.48. The molecule has 0 spiro atoms. The second-order valence-electron chi connectivity index (χ2n) is 3.69. The fourth-order valence-electron chi connectivity index (χ4n) is 1.72. The van der Waals surface area contributed by atoms with Crippen LogP contribution in [0.1, 0.15) is 0 Å². The lowest BCUT2D eigenvalue weighted by Gasteiger charge is -2.21. The number of hydrogen-bond acceptors (Lipinski definition) is 3. The highest BCUT2D eigenvalue weighted by atomic mass is 16.3. The van der Waals surface area contributed by atoms with Gasteiger partial charge in [0.25, 0.3) is 5.91 Å². The summed E-state index contributed by atoms with van der Waals surface area (Å²) in [5.41, 5.74) is 1.44. The number of carbonyl (C=O) groups is 1. The van der Waals surface area contributed by atoms with Crippen LogP contribution in [0.2, 0.25) is 0 Å². The third-order valence-corrected chi connectivity index (χ3v) is 2.48. The van der Waals surface area contributed by atoms with Crippen molar-refractivity contribution in [2.24, 2.45) is 5.18 Å². The van der Waals surface area contributed by atoms with Crippen LogP contribution in [-0.2, 0) is 4.79 Å². The average molecular weight is 240 g/mol. The molecule has 0 fully saturated rings. The highest BCUT2D eigenvalue weighted by Crippen LogP contribution is 2.24. The fraction of sp³-hybridized carbons (Fsp3) is 0.0714. The molecule has 0 aliphatic carbocycles. The minimum Gasteiger partial charge on any atom is -0.279 e. The van der Waals surface area contributed by atoms with Crippen LogP contribution in [0.25, 0.3) is 0 Å². The van der Waals surface area contributed by atoms with Gasteiger partial charge in [0, 0.05) is 11.4 Å². The third kappa shape index (κ3) is 2.60. The summed E-state index contributed by atoms with van der Waals surface area (Å²) in [6, 6.07) is 18.4. The predicted octanol–water partition coefficient (Wildman–Crippen LogP) is 3.12. The molecule has 0 unspecified atom stereocenters. The first kappa shape index (κ1) is 12.0. The molecule has 2 aromatic rings. The van der Waals surface area contributed by atoms with Gasteiger partial charge in [-0.25, -0.2) is 0 Å². The van der Waals surface area contributed by atoms with E-state index in [9.17, 15) is 9.70 Å². The van der Waals surface area contributed by atoms with E-state index in [1.165, 1.54) is 4.90 Å². The maximum atomic E-state index is 12.0. The van der Waals surface area contributed by atoms with Gasteiger partial charge in [0.15, 0.2) is 6.54 Å². The second kappa shape index (κ2) is 5.72. The van der Waals surface area contributed by atoms with E-state index in [-0.39, 0.29) is 12.5 Å². The van der Waals surface area contributed by atoms with Crippen molar-refractivity contribution >= 4 is 17.3 Å². The summed E-state index contributed by atoms with van der Waals surface area (Å²) >= 11 is 0. The zero-order chi connectivity index (χ0) is 12.8. The minimum atomic E-state index is -0.371. The van der Waals surface area contributed by atoms with Crippen LogP contribution in [-0.4, -0.2) is 12.5 Å². The first-order valence-corrected chi connectivity index (χ1v) is 5.55. The summed E-state index contributed by atoms with van der Waals surface area (Å²) in [5.74, 6) is -0.345. The quantitative estimate of drug-likeness (QED) is 0.771. The number of carbonyl (C=O) groups excluding carboxylic acids is 1. The predicted molar refractivity (Wildman–Crippen MR) is 70.7 cm³/mol. The van der Waals surface area contributed by atoms with Gasteiger partial charge in [0.1, 0.15) is 0 Å². The van der Waals surface area contributed by atoms with Gasteiger partial charge in [-0.1, -0.05) is 41.6 Å². The van der Waals surface area contributed by atoms with Crippen LogP contribution >= 0.6 is 0 Å². The van der Waals surface area contributed by atoms with E-state index in [2.05, 4.69) is 5.18 Å². The molecule has 0 bridgehead atoms. The molecule has 90 valence electrons. The number of para-hydroxylation sites is 2. The van der Waals surface area contributed by atoms with E-state index in [0.29, 0.717) is 0 Å². The van der Waals surface area contributed by atoms with E-state index in [1.54, 1.807) is 0 Å². The molecule has 4 heteroatoms.